The largest absolute Gasteiger partial charge is 0.489 e. The molecule has 1 aromatic rings. The zero-order valence-corrected chi connectivity index (χ0v) is 9.27. The van der Waals surface area contributed by atoms with Crippen molar-refractivity contribution in [1.29, 1.82) is 0 Å². The van der Waals surface area contributed by atoms with Crippen LogP contribution in [-0.2, 0) is 9.47 Å². The summed E-state index contributed by atoms with van der Waals surface area (Å²) in [6.45, 7) is 4.37. The van der Waals surface area contributed by atoms with Crippen molar-refractivity contribution in [2.45, 2.75) is 6.23 Å². The Bertz CT molecular complexity index is 412. The van der Waals surface area contributed by atoms with E-state index in [2.05, 4.69) is 11.9 Å². The summed E-state index contributed by atoms with van der Waals surface area (Å²) >= 11 is 0. The van der Waals surface area contributed by atoms with Crippen LogP contribution < -0.4 is 5.32 Å². The number of hydrogen-bond acceptors (Lipinski definition) is 3. The summed E-state index contributed by atoms with van der Waals surface area (Å²) < 4.78 is 10.8. The van der Waals surface area contributed by atoms with E-state index >= 15 is 0 Å². The van der Waals surface area contributed by atoms with Gasteiger partial charge in [0.2, 0.25) is 0 Å². The lowest BCUT2D eigenvalue weighted by Gasteiger charge is -2.16. The van der Waals surface area contributed by atoms with Gasteiger partial charge in [-0.05, 0) is 17.8 Å². The molecular weight excluding hydrogens is 202 g/mol. The van der Waals surface area contributed by atoms with E-state index in [1.165, 1.54) is 0 Å². The topological polar surface area (TPSA) is 30.5 Å². The van der Waals surface area contributed by atoms with Crippen LogP contribution in [0.2, 0.25) is 0 Å². The fraction of sp³-hybridized carbons (Fsp3) is 0.231. The second-order valence-electron chi connectivity index (χ2n) is 3.55. The summed E-state index contributed by atoms with van der Waals surface area (Å²) in [6, 6.07) is 7.98. The van der Waals surface area contributed by atoms with Gasteiger partial charge in [0, 0.05) is 12.7 Å². The van der Waals surface area contributed by atoms with Crippen LogP contribution in [0.5, 0.6) is 0 Å². The number of rotatable bonds is 1. The third-order valence-electron chi connectivity index (χ3n) is 2.50. The van der Waals surface area contributed by atoms with Gasteiger partial charge in [-0.2, -0.15) is 0 Å². The highest BCUT2D eigenvalue weighted by Gasteiger charge is 2.11. The number of nitrogens with one attached hydrogen (secondary N) is 1. The summed E-state index contributed by atoms with van der Waals surface area (Å²) in [6.07, 6.45) is 3.71. The van der Waals surface area contributed by atoms with Gasteiger partial charge < -0.3 is 14.8 Å². The quantitative estimate of drug-likeness (QED) is 0.782. The maximum absolute atomic E-state index is 5.57. The molecule has 1 aliphatic rings. The van der Waals surface area contributed by atoms with Gasteiger partial charge in [-0.25, -0.2) is 0 Å². The van der Waals surface area contributed by atoms with Crippen LogP contribution in [0, 0.1) is 0 Å². The van der Waals surface area contributed by atoms with Crippen molar-refractivity contribution in [1.82, 2.24) is 5.32 Å². The minimum Gasteiger partial charge on any atom is -0.489 e. The Balaban J connectivity index is 2.30. The molecule has 0 radical (unpaired) electrons. The van der Waals surface area contributed by atoms with Gasteiger partial charge in [0.1, 0.15) is 12.4 Å². The van der Waals surface area contributed by atoms with Crippen molar-refractivity contribution in [3.8, 4) is 0 Å². The van der Waals surface area contributed by atoms with Crippen LogP contribution in [0.1, 0.15) is 11.1 Å². The summed E-state index contributed by atoms with van der Waals surface area (Å²) in [5.74, 6) is 0.672. The van der Waals surface area contributed by atoms with Crippen molar-refractivity contribution in [3.63, 3.8) is 0 Å². The molecule has 1 unspecified atom stereocenters. The Morgan fingerprint density at radius 2 is 2.25 bits per heavy atom. The van der Waals surface area contributed by atoms with E-state index in [0.717, 1.165) is 11.1 Å². The smallest absolute Gasteiger partial charge is 0.161 e. The molecule has 16 heavy (non-hydrogen) atoms. The van der Waals surface area contributed by atoms with Gasteiger partial charge in [0.25, 0.3) is 0 Å². The van der Waals surface area contributed by atoms with E-state index in [1.807, 2.05) is 36.5 Å². The fourth-order valence-electron chi connectivity index (χ4n) is 1.58. The lowest BCUT2D eigenvalue weighted by atomic mass is 10.1. The average Bonchev–Trinajstić information content (AvgIpc) is 2.40. The SMILES string of the molecule is C=C1OCC(OC)N/C=C\c2ccccc21. The Morgan fingerprint density at radius 1 is 1.44 bits per heavy atom. The van der Waals surface area contributed by atoms with Crippen molar-refractivity contribution >= 4 is 11.8 Å². The van der Waals surface area contributed by atoms with Crippen molar-refractivity contribution < 1.29 is 9.47 Å². The number of hydrogen-bond donors (Lipinski definition) is 1. The van der Waals surface area contributed by atoms with Crippen LogP contribution in [0.25, 0.3) is 11.8 Å². The van der Waals surface area contributed by atoms with Gasteiger partial charge in [-0.3, -0.25) is 0 Å². The summed E-state index contributed by atoms with van der Waals surface area (Å²) in [5, 5.41) is 3.10. The molecule has 0 spiro atoms. The Hall–Kier alpha value is -1.74. The van der Waals surface area contributed by atoms with Crippen LogP contribution in [0.3, 0.4) is 0 Å². The minimum atomic E-state index is -0.151. The van der Waals surface area contributed by atoms with E-state index in [9.17, 15) is 0 Å². The third-order valence-corrected chi connectivity index (χ3v) is 2.50. The molecule has 84 valence electrons. The molecule has 0 aliphatic carbocycles. The molecule has 3 heteroatoms. The molecule has 1 aromatic carbocycles. The van der Waals surface area contributed by atoms with E-state index in [0.29, 0.717) is 12.4 Å². The molecule has 0 saturated heterocycles. The minimum absolute atomic E-state index is 0.151. The molecule has 1 N–H and O–H groups in total. The molecule has 0 fully saturated rings. The van der Waals surface area contributed by atoms with E-state index in [1.54, 1.807) is 7.11 Å². The maximum atomic E-state index is 5.57. The summed E-state index contributed by atoms with van der Waals surface area (Å²) in [7, 11) is 1.64. The molecule has 0 aromatic heterocycles. The molecule has 0 saturated carbocycles. The predicted molar refractivity (Wildman–Crippen MR) is 64.4 cm³/mol. The highest BCUT2D eigenvalue weighted by molar-refractivity contribution is 5.69. The van der Waals surface area contributed by atoms with Crippen LogP contribution in [-0.4, -0.2) is 19.9 Å². The first kappa shape index (κ1) is 10.8. The average molecular weight is 217 g/mol. The molecule has 0 bridgehead atoms. The van der Waals surface area contributed by atoms with Crippen LogP contribution >= 0.6 is 0 Å². The van der Waals surface area contributed by atoms with Gasteiger partial charge in [-0.1, -0.05) is 30.8 Å². The van der Waals surface area contributed by atoms with E-state index in [4.69, 9.17) is 9.47 Å². The van der Waals surface area contributed by atoms with Gasteiger partial charge in [0.15, 0.2) is 6.23 Å². The monoisotopic (exact) mass is 217 g/mol. The van der Waals surface area contributed by atoms with Crippen molar-refractivity contribution in [2.24, 2.45) is 0 Å². The lowest BCUT2D eigenvalue weighted by Crippen LogP contribution is -2.30. The molecule has 1 aliphatic heterocycles. The van der Waals surface area contributed by atoms with Crippen molar-refractivity contribution in [3.05, 3.63) is 48.2 Å². The first-order valence-corrected chi connectivity index (χ1v) is 5.18. The Morgan fingerprint density at radius 3 is 3.06 bits per heavy atom. The Labute approximate surface area is 95.4 Å². The number of ether oxygens (including phenoxy) is 2. The lowest BCUT2D eigenvalue weighted by molar-refractivity contribution is 0.0350. The molecule has 1 atom stereocenters. The predicted octanol–water partition coefficient (Wildman–Crippen LogP) is 2.22. The van der Waals surface area contributed by atoms with Gasteiger partial charge in [-0.15, -0.1) is 0 Å². The first-order chi connectivity index (χ1) is 7.81. The zero-order chi connectivity index (χ0) is 11.4. The second-order valence-corrected chi connectivity index (χ2v) is 3.55. The maximum Gasteiger partial charge on any atom is 0.161 e. The molecule has 0 amide bonds. The van der Waals surface area contributed by atoms with Crippen molar-refractivity contribution in [2.75, 3.05) is 13.7 Å². The molecule has 1 heterocycles. The third kappa shape index (κ3) is 2.25. The van der Waals surface area contributed by atoms with E-state index in [-0.39, 0.29) is 6.23 Å². The number of methoxy groups -OCH3 is 1. The van der Waals surface area contributed by atoms with Crippen LogP contribution in [0.4, 0.5) is 0 Å². The highest BCUT2D eigenvalue weighted by Crippen LogP contribution is 2.21. The van der Waals surface area contributed by atoms with Gasteiger partial charge >= 0.3 is 0 Å². The number of benzene rings is 1. The highest BCUT2D eigenvalue weighted by atomic mass is 16.5. The summed E-state index contributed by atoms with van der Waals surface area (Å²) in [4.78, 5) is 0. The second kappa shape index (κ2) is 4.86. The summed E-state index contributed by atoms with van der Waals surface area (Å²) in [5.41, 5.74) is 2.09. The number of fused-ring (bicyclic) bond motifs is 1. The molecule has 3 nitrogen and oxygen atoms in total. The zero-order valence-electron chi connectivity index (χ0n) is 9.27. The Kier molecular flexibility index (Phi) is 3.27. The first-order valence-electron chi connectivity index (χ1n) is 5.18. The fourth-order valence-corrected chi connectivity index (χ4v) is 1.58. The van der Waals surface area contributed by atoms with Gasteiger partial charge in [0.05, 0.1) is 0 Å². The molecule has 2 rings (SSSR count). The molecular formula is C13H15NO2. The normalized spacial score (nSPS) is 21.8. The van der Waals surface area contributed by atoms with Crippen LogP contribution in [0.15, 0.2) is 37.0 Å². The standard InChI is InChI=1S/C13H15NO2/c1-10-12-6-4-3-5-11(12)7-8-14-13(15-2)9-16-10/h3-8,13-14H,1,9H2,2H3/b8-7-. The van der Waals surface area contributed by atoms with E-state index < -0.39 is 0 Å².